The summed E-state index contributed by atoms with van der Waals surface area (Å²) in [6.07, 6.45) is 2.75. The molecule has 0 aromatic carbocycles. The van der Waals surface area contributed by atoms with Gasteiger partial charge in [-0.05, 0) is 30.4 Å². The van der Waals surface area contributed by atoms with Crippen molar-refractivity contribution in [2.24, 2.45) is 0 Å². The molecule has 1 N–H and O–H groups in total. The van der Waals surface area contributed by atoms with E-state index in [9.17, 15) is 4.79 Å². The molecule has 0 spiro atoms. The van der Waals surface area contributed by atoms with Crippen molar-refractivity contribution in [3.8, 4) is 0 Å². The predicted octanol–water partition coefficient (Wildman–Crippen LogP) is 1.45. The highest BCUT2D eigenvalue weighted by Crippen LogP contribution is 2.07. The van der Waals surface area contributed by atoms with Gasteiger partial charge in [0.2, 0.25) is 0 Å². The van der Waals surface area contributed by atoms with E-state index in [1.54, 1.807) is 23.6 Å². The fourth-order valence-electron chi connectivity index (χ4n) is 1.67. The van der Waals surface area contributed by atoms with E-state index in [0.29, 0.717) is 6.54 Å². The van der Waals surface area contributed by atoms with E-state index >= 15 is 0 Å². The van der Waals surface area contributed by atoms with Crippen molar-refractivity contribution < 1.29 is 0 Å². The van der Waals surface area contributed by atoms with Gasteiger partial charge in [0.1, 0.15) is 0 Å². The van der Waals surface area contributed by atoms with E-state index < -0.39 is 0 Å². The topological polar surface area (TPSA) is 46.9 Å². The van der Waals surface area contributed by atoms with Crippen molar-refractivity contribution in [1.29, 1.82) is 0 Å². The number of nitrogens with one attached hydrogen (secondary N) is 1. The summed E-state index contributed by atoms with van der Waals surface area (Å²) in [4.78, 5) is 12.9. The summed E-state index contributed by atoms with van der Waals surface area (Å²) < 4.78 is 1.49. The molecule has 0 atom stereocenters. The molecule has 0 aliphatic heterocycles. The first-order valence-electron chi connectivity index (χ1n) is 6.02. The molecule has 0 radical (unpaired) electrons. The van der Waals surface area contributed by atoms with Gasteiger partial charge in [0, 0.05) is 24.0 Å². The number of aromatic nitrogens is 2. The van der Waals surface area contributed by atoms with Gasteiger partial charge in [-0.25, -0.2) is 4.68 Å². The Hall–Kier alpha value is -1.46. The Morgan fingerprint density at radius 2 is 2.33 bits per heavy atom. The average molecular weight is 263 g/mol. The molecule has 4 nitrogen and oxygen atoms in total. The highest BCUT2D eigenvalue weighted by atomic mass is 32.1. The smallest absolute Gasteiger partial charge is 0.267 e. The van der Waals surface area contributed by atoms with Crippen LogP contribution in [0.5, 0.6) is 0 Å². The Labute approximate surface area is 110 Å². The normalized spacial score (nSPS) is 10.7. The Morgan fingerprint density at radius 1 is 1.44 bits per heavy atom. The van der Waals surface area contributed by atoms with Crippen LogP contribution in [-0.2, 0) is 13.0 Å². The van der Waals surface area contributed by atoms with Gasteiger partial charge in [-0.2, -0.15) is 5.10 Å². The largest absolute Gasteiger partial charge is 0.315 e. The number of aryl methyl sites for hydroxylation is 1. The molecule has 0 aliphatic carbocycles. The molecule has 0 aliphatic rings. The quantitative estimate of drug-likeness (QED) is 0.802. The highest BCUT2D eigenvalue weighted by Gasteiger charge is 1.97. The highest BCUT2D eigenvalue weighted by molar-refractivity contribution is 7.09. The SMILES string of the molecule is Cc1cnn(CCNCCc2cccs2)c(=O)c1. The van der Waals surface area contributed by atoms with Crippen molar-refractivity contribution in [2.75, 3.05) is 13.1 Å². The summed E-state index contributed by atoms with van der Waals surface area (Å²) in [6.45, 7) is 4.18. The van der Waals surface area contributed by atoms with Crippen LogP contribution in [0.25, 0.3) is 0 Å². The van der Waals surface area contributed by atoms with Crippen molar-refractivity contribution in [3.05, 3.63) is 50.6 Å². The van der Waals surface area contributed by atoms with Crippen LogP contribution in [0.15, 0.2) is 34.6 Å². The van der Waals surface area contributed by atoms with Crippen molar-refractivity contribution in [2.45, 2.75) is 19.9 Å². The third-order valence-corrected chi connectivity index (χ3v) is 3.57. The van der Waals surface area contributed by atoms with E-state index in [1.807, 2.05) is 6.92 Å². The van der Waals surface area contributed by atoms with Crippen LogP contribution in [-0.4, -0.2) is 22.9 Å². The first-order chi connectivity index (χ1) is 8.75. The summed E-state index contributed by atoms with van der Waals surface area (Å²) >= 11 is 1.77. The molecule has 5 heteroatoms. The van der Waals surface area contributed by atoms with Gasteiger partial charge in [-0.1, -0.05) is 6.07 Å². The van der Waals surface area contributed by atoms with Crippen LogP contribution < -0.4 is 10.9 Å². The van der Waals surface area contributed by atoms with Gasteiger partial charge >= 0.3 is 0 Å². The molecule has 2 aromatic heterocycles. The monoisotopic (exact) mass is 263 g/mol. The molecule has 2 heterocycles. The Bertz CT molecular complexity index is 533. The molecule has 0 fully saturated rings. The van der Waals surface area contributed by atoms with Crippen LogP contribution in [0.3, 0.4) is 0 Å². The molecule has 0 unspecified atom stereocenters. The van der Waals surface area contributed by atoms with E-state index in [0.717, 1.165) is 25.1 Å². The number of thiophene rings is 1. The van der Waals surface area contributed by atoms with E-state index in [-0.39, 0.29) is 5.56 Å². The summed E-state index contributed by atoms with van der Waals surface area (Å²) in [5.74, 6) is 0. The van der Waals surface area contributed by atoms with Crippen molar-refractivity contribution >= 4 is 11.3 Å². The van der Waals surface area contributed by atoms with Crippen LogP contribution in [0, 0.1) is 6.92 Å². The van der Waals surface area contributed by atoms with Crippen LogP contribution in [0.1, 0.15) is 10.4 Å². The molecule has 0 saturated heterocycles. The second-order valence-corrected chi connectivity index (χ2v) is 5.21. The zero-order valence-corrected chi connectivity index (χ0v) is 11.2. The maximum Gasteiger partial charge on any atom is 0.267 e. The lowest BCUT2D eigenvalue weighted by atomic mass is 10.3. The molecule has 0 amide bonds. The third-order valence-electron chi connectivity index (χ3n) is 2.63. The lowest BCUT2D eigenvalue weighted by molar-refractivity contribution is 0.532. The van der Waals surface area contributed by atoms with E-state index in [4.69, 9.17) is 0 Å². The minimum absolute atomic E-state index is 0.0324. The molecule has 2 rings (SSSR count). The van der Waals surface area contributed by atoms with Crippen LogP contribution in [0.4, 0.5) is 0 Å². The first kappa shape index (κ1) is 13.0. The Balaban J connectivity index is 1.70. The minimum Gasteiger partial charge on any atom is -0.315 e. The molecule has 0 bridgehead atoms. The maximum absolute atomic E-state index is 11.6. The number of rotatable bonds is 6. The summed E-state index contributed by atoms with van der Waals surface area (Å²) in [6, 6.07) is 5.81. The van der Waals surface area contributed by atoms with Gasteiger partial charge in [-0.15, -0.1) is 11.3 Å². The van der Waals surface area contributed by atoms with Gasteiger partial charge in [-0.3, -0.25) is 4.79 Å². The fraction of sp³-hybridized carbons (Fsp3) is 0.385. The summed E-state index contributed by atoms with van der Waals surface area (Å²) in [5, 5.41) is 9.50. The standard InChI is InChI=1S/C13H17N3OS/c1-11-9-13(17)16(15-10-11)7-6-14-5-4-12-3-2-8-18-12/h2-3,8-10,14H,4-7H2,1H3. The first-order valence-corrected chi connectivity index (χ1v) is 6.90. The molecule has 0 saturated carbocycles. The maximum atomic E-state index is 11.6. The summed E-state index contributed by atoms with van der Waals surface area (Å²) in [7, 11) is 0. The van der Waals surface area contributed by atoms with Gasteiger partial charge in [0.15, 0.2) is 0 Å². The van der Waals surface area contributed by atoms with E-state index in [2.05, 4.69) is 27.9 Å². The second kappa shape index (κ2) is 6.47. The van der Waals surface area contributed by atoms with E-state index in [1.165, 1.54) is 9.56 Å². The Morgan fingerprint density at radius 3 is 3.06 bits per heavy atom. The second-order valence-electron chi connectivity index (χ2n) is 4.17. The van der Waals surface area contributed by atoms with Gasteiger partial charge in [0.05, 0.1) is 12.7 Å². The van der Waals surface area contributed by atoms with Gasteiger partial charge in [0.25, 0.3) is 5.56 Å². The van der Waals surface area contributed by atoms with Crippen LogP contribution >= 0.6 is 11.3 Å². The molecule has 96 valence electrons. The predicted molar refractivity (Wildman–Crippen MR) is 74.1 cm³/mol. The zero-order valence-electron chi connectivity index (χ0n) is 10.4. The molecule has 18 heavy (non-hydrogen) atoms. The lowest BCUT2D eigenvalue weighted by Crippen LogP contribution is -2.29. The van der Waals surface area contributed by atoms with Crippen molar-refractivity contribution in [3.63, 3.8) is 0 Å². The van der Waals surface area contributed by atoms with Crippen LogP contribution in [0.2, 0.25) is 0 Å². The van der Waals surface area contributed by atoms with Gasteiger partial charge < -0.3 is 5.32 Å². The lowest BCUT2D eigenvalue weighted by Gasteiger charge is -2.05. The molecular weight excluding hydrogens is 246 g/mol. The number of hydrogen-bond donors (Lipinski definition) is 1. The average Bonchev–Trinajstić information content (AvgIpc) is 2.84. The molecular formula is C13H17N3OS. The summed E-state index contributed by atoms with van der Waals surface area (Å²) in [5.41, 5.74) is 0.872. The number of nitrogens with zero attached hydrogens (tertiary/aromatic N) is 2. The number of hydrogen-bond acceptors (Lipinski definition) is 4. The van der Waals surface area contributed by atoms with Crippen molar-refractivity contribution in [1.82, 2.24) is 15.1 Å². The fourth-order valence-corrected chi connectivity index (χ4v) is 2.38. The third kappa shape index (κ3) is 3.78. The molecule has 2 aromatic rings. The zero-order chi connectivity index (χ0) is 12.8. The Kier molecular flexibility index (Phi) is 4.66. The minimum atomic E-state index is -0.0324.